The molecule has 0 N–H and O–H groups in total. The second-order valence-electron chi connectivity index (χ2n) is 6.11. The third-order valence-electron chi connectivity index (χ3n) is 4.41. The smallest absolute Gasteiger partial charge is 0.186 e. The number of anilines is 2. The molecule has 25 heavy (non-hydrogen) atoms. The first kappa shape index (κ1) is 15.3. The molecule has 5 heteroatoms. The van der Waals surface area contributed by atoms with Gasteiger partial charge >= 0.3 is 0 Å². The third-order valence-corrected chi connectivity index (χ3v) is 4.41. The summed E-state index contributed by atoms with van der Waals surface area (Å²) in [4.78, 5) is 2.17. The van der Waals surface area contributed by atoms with Crippen LogP contribution in [0.5, 0.6) is 0 Å². The van der Waals surface area contributed by atoms with Crippen LogP contribution in [0.4, 0.5) is 11.4 Å². The number of hydrogen-bond acceptors (Lipinski definition) is 4. The zero-order chi connectivity index (χ0) is 17.4. The summed E-state index contributed by atoms with van der Waals surface area (Å²) in [5.41, 5.74) is 5.18. The fourth-order valence-corrected chi connectivity index (χ4v) is 2.94. The van der Waals surface area contributed by atoms with E-state index < -0.39 is 0 Å². The van der Waals surface area contributed by atoms with Crippen LogP contribution in [-0.2, 0) is 0 Å². The predicted molar refractivity (Wildman–Crippen MR) is 100.0 cm³/mol. The Morgan fingerprint density at radius 2 is 1.56 bits per heavy atom. The number of hydrogen-bond donors (Lipinski definition) is 0. The predicted octanol–water partition coefficient (Wildman–Crippen LogP) is 3.06. The summed E-state index contributed by atoms with van der Waals surface area (Å²) in [7, 11) is 2.07. The van der Waals surface area contributed by atoms with Gasteiger partial charge in [0.05, 0.1) is 5.69 Å². The molecular weight excluding hydrogens is 310 g/mol. The van der Waals surface area contributed by atoms with Crippen LogP contribution in [0.1, 0.15) is 17.1 Å². The zero-order valence-electron chi connectivity index (χ0n) is 14.5. The molecule has 4 aromatic rings. The van der Waals surface area contributed by atoms with E-state index in [0.717, 1.165) is 39.3 Å². The van der Waals surface area contributed by atoms with Crippen molar-refractivity contribution in [3.63, 3.8) is 0 Å². The normalized spacial score (nSPS) is 12.0. The van der Waals surface area contributed by atoms with E-state index >= 15 is 0 Å². The molecule has 0 bridgehead atoms. The van der Waals surface area contributed by atoms with Gasteiger partial charge in [-0.3, -0.25) is 0 Å². The van der Waals surface area contributed by atoms with Crippen molar-refractivity contribution >= 4 is 23.1 Å². The molecule has 2 heterocycles. The Bertz CT molecular complexity index is 1060. The average Bonchev–Trinajstić information content (AvgIpc) is 3.15. The van der Waals surface area contributed by atoms with E-state index in [2.05, 4.69) is 69.7 Å². The maximum Gasteiger partial charge on any atom is 0.186 e. The van der Waals surface area contributed by atoms with Gasteiger partial charge in [0, 0.05) is 23.6 Å². The van der Waals surface area contributed by atoms with E-state index in [-0.39, 0.29) is 0 Å². The van der Waals surface area contributed by atoms with Gasteiger partial charge in [0.1, 0.15) is 0 Å². The molecule has 0 unspecified atom stereocenters. The number of nitrogens with zero attached hydrogens (tertiary/aromatic N) is 5. The summed E-state index contributed by atoms with van der Waals surface area (Å²) < 4.78 is 1.79. The monoisotopic (exact) mass is 329 g/mol. The fraction of sp³-hybridized carbons (Fsp3) is 0.150. The maximum atomic E-state index is 4.51. The van der Waals surface area contributed by atoms with Crippen LogP contribution in [0.2, 0.25) is 0 Å². The Morgan fingerprint density at radius 3 is 2.28 bits per heavy atom. The molecular formula is C20H19N5. The van der Waals surface area contributed by atoms with Crippen molar-refractivity contribution in [3.8, 4) is 0 Å². The van der Waals surface area contributed by atoms with E-state index in [1.54, 1.807) is 4.52 Å². The first-order valence-corrected chi connectivity index (χ1v) is 8.22. The third kappa shape index (κ3) is 2.74. The minimum Gasteiger partial charge on any atom is -0.345 e. The van der Waals surface area contributed by atoms with Gasteiger partial charge in [0.15, 0.2) is 11.5 Å². The van der Waals surface area contributed by atoms with Crippen molar-refractivity contribution in [3.05, 3.63) is 76.9 Å². The molecule has 0 amide bonds. The summed E-state index contributed by atoms with van der Waals surface area (Å²) in [6.07, 6.45) is 2.11. The minimum atomic E-state index is 0.803. The first-order chi connectivity index (χ1) is 12.1. The lowest BCUT2D eigenvalue weighted by atomic mass is 10.1. The molecule has 0 saturated heterocycles. The van der Waals surface area contributed by atoms with E-state index in [1.165, 1.54) is 0 Å². The SMILES string of the molecule is Cc1nn2c(C)nnc2c1=Cc1ccc(N(C)c2ccccc2)cc1. The molecule has 0 aliphatic rings. The lowest BCUT2D eigenvalue weighted by Crippen LogP contribution is -2.09. The van der Waals surface area contributed by atoms with Crippen LogP contribution in [0.3, 0.4) is 0 Å². The highest BCUT2D eigenvalue weighted by molar-refractivity contribution is 5.65. The fourth-order valence-electron chi connectivity index (χ4n) is 2.94. The van der Waals surface area contributed by atoms with Crippen molar-refractivity contribution in [2.45, 2.75) is 13.8 Å². The average molecular weight is 329 g/mol. The number of para-hydroxylation sites is 1. The van der Waals surface area contributed by atoms with Crippen LogP contribution in [0.15, 0.2) is 54.6 Å². The van der Waals surface area contributed by atoms with Gasteiger partial charge in [-0.2, -0.15) is 9.61 Å². The summed E-state index contributed by atoms with van der Waals surface area (Å²) in [5.74, 6) is 0.803. The molecule has 0 aliphatic heterocycles. The second-order valence-corrected chi connectivity index (χ2v) is 6.11. The standard InChI is InChI=1S/C20H19N5/c1-14-19(20-22-21-15(2)25(20)23-14)13-16-9-11-18(12-10-16)24(3)17-7-5-4-6-8-17/h4-13H,1-3H3. The summed E-state index contributed by atoms with van der Waals surface area (Å²) in [5, 5.41) is 13.9. The van der Waals surface area contributed by atoms with Crippen molar-refractivity contribution in [1.29, 1.82) is 0 Å². The topological polar surface area (TPSA) is 46.3 Å². The molecule has 2 aromatic carbocycles. The van der Waals surface area contributed by atoms with Crippen molar-refractivity contribution in [2.24, 2.45) is 0 Å². The van der Waals surface area contributed by atoms with E-state index in [4.69, 9.17) is 0 Å². The van der Waals surface area contributed by atoms with Gasteiger partial charge in [-0.25, -0.2) is 0 Å². The Labute approximate surface area is 146 Å². The molecule has 0 fully saturated rings. The van der Waals surface area contributed by atoms with E-state index in [1.807, 2.05) is 32.0 Å². The van der Waals surface area contributed by atoms with Crippen molar-refractivity contribution < 1.29 is 0 Å². The molecule has 0 saturated carbocycles. The van der Waals surface area contributed by atoms with E-state index in [9.17, 15) is 0 Å². The van der Waals surface area contributed by atoms with Gasteiger partial charge < -0.3 is 4.90 Å². The molecule has 0 radical (unpaired) electrons. The molecule has 5 nitrogen and oxygen atoms in total. The zero-order valence-corrected chi connectivity index (χ0v) is 14.5. The van der Waals surface area contributed by atoms with E-state index in [0.29, 0.717) is 0 Å². The van der Waals surface area contributed by atoms with Crippen LogP contribution < -0.4 is 10.1 Å². The summed E-state index contributed by atoms with van der Waals surface area (Å²) in [6, 6.07) is 18.8. The number of benzene rings is 2. The van der Waals surface area contributed by atoms with Gasteiger partial charge in [-0.1, -0.05) is 30.3 Å². The molecule has 0 spiro atoms. The Kier molecular flexibility index (Phi) is 3.69. The Morgan fingerprint density at radius 1 is 0.880 bits per heavy atom. The largest absolute Gasteiger partial charge is 0.345 e. The van der Waals surface area contributed by atoms with Gasteiger partial charge in [0.25, 0.3) is 0 Å². The van der Waals surface area contributed by atoms with Gasteiger partial charge in [0.2, 0.25) is 0 Å². The van der Waals surface area contributed by atoms with Crippen molar-refractivity contribution in [2.75, 3.05) is 11.9 Å². The second kappa shape index (κ2) is 6.02. The Hall–Kier alpha value is -3.21. The van der Waals surface area contributed by atoms with Crippen LogP contribution in [-0.4, -0.2) is 26.9 Å². The highest BCUT2D eigenvalue weighted by Gasteiger charge is 2.09. The Balaban J connectivity index is 1.69. The van der Waals surface area contributed by atoms with Gasteiger partial charge in [-0.05, 0) is 49.8 Å². The molecule has 4 rings (SSSR count). The lowest BCUT2D eigenvalue weighted by molar-refractivity contribution is 0.875. The quantitative estimate of drug-likeness (QED) is 0.579. The van der Waals surface area contributed by atoms with Crippen LogP contribution >= 0.6 is 0 Å². The number of fused-ring (bicyclic) bond motifs is 1. The van der Waals surface area contributed by atoms with Gasteiger partial charge in [-0.15, -0.1) is 10.2 Å². The molecule has 124 valence electrons. The highest BCUT2D eigenvalue weighted by atomic mass is 15.4. The van der Waals surface area contributed by atoms with Crippen LogP contribution in [0.25, 0.3) is 11.7 Å². The minimum absolute atomic E-state index is 0.803. The molecule has 0 atom stereocenters. The summed E-state index contributed by atoms with van der Waals surface area (Å²) in [6.45, 7) is 3.90. The van der Waals surface area contributed by atoms with Crippen LogP contribution in [0, 0.1) is 13.8 Å². The number of rotatable bonds is 3. The number of aromatic nitrogens is 4. The highest BCUT2D eigenvalue weighted by Crippen LogP contribution is 2.23. The first-order valence-electron chi connectivity index (χ1n) is 8.22. The molecule has 0 aliphatic carbocycles. The van der Waals surface area contributed by atoms with Crippen molar-refractivity contribution in [1.82, 2.24) is 19.8 Å². The summed E-state index contributed by atoms with van der Waals surface area (Å²) >= 11 is 0. The lowest BCUT2D eigenvalue weighted by Gasteiger charge is -2.19. The molecule has 2 aromatic heterocycles. The number of aryl methyl sites for hydroxylation is 2. The maximum absolute atomic E-state index is 4.51.